The van der Waals surface area contributed by atoms with Crippen LogP contribution in [0.3, 0.4) is 0 Å². The molecule has 4 nitrogen and oxygen atoms in total. The van der Waals surface area contributed by atoms with Crippen LogP contribution in [0.5, 0.6) is 0 Å². The molecule has 1 heterocycles. The predicted octanol–water partition coefficient (Wildman–Crippen LogP) is 1.01. The van der Waals surface area contributed by atoms with Gasteiger partial charge in [-0.3, -0.25) is 0 Å². The van der Waals surface area contributed by atoms with Crippen molar-refractivity contribution in [1.29, 1.82) is 0 Å². The van der Waals surface area contributed by atoms with Crippen molar-refractivity contribution in [3.63, 3.8) is 0 Å². The summed E-state index contributed by atoms with van der Waals surface area (Å²) in [6, 6.07) is 6.00. The maximum Gasteiger partial charge on any atom is 0.168 e. The van der Waals surface area contributed by atoms with E-state index in [2.05, 4.69) is 0 Å². The van der Waals surface area contributed by atoms with E-state index in [1.54, 1.807) is 13.8 Å². The summed E-state index contributed by atoms with van der Waals surface area (Å²) in [7, 11) is -2.05. The smallest absolute Gasteiger partial charge is 0.168 e. The highest BCUT2D eigenvalue weighted by atomic mass is 32.2. The fourth-order valence-electron chi connectivity index (χ4n) is 0.753. The molecule has 0 atom stereocenters. The zero-order valence-electron chi connectivity index (χ0n) is 9.75. The van der Waals surface area contributed by atoms with Gasteiger partial charge in [0, 0.05) is 12.1 Å². The topological polar surface area (TPSA) is 61.1 Å². The van der Waals surface area contributed by atoms with Gasteiger partial charge in [0.25, 0.3) is 0 Å². The molecule has 0 aliphatic carbocycles. The Hall–Kier alpha value is -1.20. The Kier molecular flexibility index (Phi) is 6.60. The first-order valence-corrected chi connectivity index (χ1v) is 6.36. The maximum atomic E-state index is 9.94. The molecule has 0 saturated carbocycles. The van der Waals surface area contributed by atoms with E-state index in [9.17, 15) is 13.0 Å². The molecule has 90 valence electrons. The monoisotopic (exact) mass is 243 g/mol. The Morgan fingerprint density at radius 3 is 1.94 bits per heavy atom. The van der Waals surface area contributed by atoms with Crippen LogP contribution in [0.2, 0.25) is 0 Å². The Balaban J connectivity index is 0.000000288. The van der Waals surface area contributed by atoms with Crippen molar-refractivity contribution in [1.82, 2.24) is 0 Å². The molecule has 1 aromatic heterocycles. The quantitative estimate of drug-likeness (QED) is 0.442. The SMILES string of the molecule is CC(C)=CCS(=O)(=O)[O-].C[n+]1ccccc1. The minimum atomic E-state index is -4.05. The van der Waals surface area contributed by atoms with Gasteiger partial charge in [0.1, 0.15) is 7.05 Å². The fourth-order valence-corrected chi connectivity index (χ4v) is 1.29. The van der Waals surface area contributed by atoms with Crippen LogP contribution in [0, 0.1) is 0 Å². The summed E-state index contributed by atoms with van der Waals surface area (Å²) in [4.78, 5) is 0. The number of hydrogen-bond donors (Lipinski definition) is 0. The molecular weight excluding hydrogens is 226 g/mol. The van der Waals surface area contributed by atoms with Gasteiger partial charge >= 0.3 is 0 Å². The molecule has 0 aromatic carbocycles. The molecule has 0 amide bonds. The third kappa shape index (κ3) is 10.9. The van der Waals surface area contributed by atoms with Crippen LogP contribution in [0.15, 0.2) is 42.2 Å². The summed E-state index contributed by atoms with van der Waals surface area (Å²) in [5, 5.41) is 0. The first-order chi connectivity index (χ1) is 7.31. The second kappa shape index (κ2) is 7.14. The molecular formula is C11H17NO3S. The highest BCUT2D eigenvalue weighted by Crippen LogP contribution is 1.90. The Morgan fingerprint density at radius 1 is 1.25 bits per heavy atom. The highest BCUT2D eigenvalue weighted by molar-refractivity contribution is 7.85. The van der Waals surface area contributed by atoms with Crippen molar-refractivity contribution in [3.8, 4) is 0 Å². The maximum absolute atomic E-state index is 9.94. The van der Waals surface area contributed by atoms with E-state index in [1.165, 1.54) is 6.08 Å². The van der Waals surface area contributed by atoms with Gasteiger partial charge in [0.2, 0.25) is 0 Å². The van der Waals surface area contributed by atoms with Gasteiger partial charge in [0.15, 0.2) is 12.4 Å². The number of aromatic nitrogens is 1. The summed E-state index contributed by atoms with van der Waals surface area (Å²) in [6.07, 6.45) is 5.39. The van der Waals surface area contributed by atoms with Crippen LogP contribution in [-0.2, 0) is 17.2 Å². The Morgan fingerprint density at radius 2 is 1.75 bits per heavy atom. The summed E-state index contributed by atoms with van der Waals surface area (Å²) >= 11 is 0. The number of aryl methyl sites for hydroxylation is 1. The molecule has 1 rings (SSSR count). The molecule has 0 bridgehead atoms. The average molecular weight is 243 g/mol. The first kappa shape index (κ1) is 14.8. The summed E-state index contributed by atoms with van der Waals surface area (Å²) in [5.74, 6) is -0.394. The largest absolute Gasteiger partial charge is 0.748 e. The fraction of sp³-hybridized carbons (Fsp3) is 0.364. The third-order valence-corrected chi connectivity index (χ3v) is 2.14. The van der Waals surface area contributed by atoms with Crippen LogP contribution in [0.25, 0.3) is 0 Å². The third-order valence-electron chi connectivity index (χ3n) is 1.56. The van der Waals surface area contributed by atoms with Crippen LogP contribution in [-0.4, -0.2) is 18.7 Å². The normalized spacial score (nSPS) is 10.0. The lowest BCUT2D eigenvalue weighted by molar-refractivity contribution is -0.671. The van der Waals surface area contributed by atoms with E-state index in [1.807, 2.05) is 42.2 Å². The van der Waals surface area contributed by atoms with Crippen molar-refractivity contribution >= 4 is 10.1 Å². The molecule has 0 aliphatic heterocycles. The van der Waals surface area contributed by atoms with Gasteiger partial charge in [-0.05, 0) is 13.8 Å². The molecule has 16 heavy (non-hydrogen) atoms. The number of allylic oxidation sites excluding steroid dienone is 1. The van der Waals surface area contributed by atoms with E-state index in [0.717, 1.165) is 5.57 Å². The average Bonchev–Trinajstić information content (AvgIpc) is 2.16. The van der Waals surface area contributed by atoms with Gasteiger partial charge in [-0.1, -0.05) is 17.7 Å². The summed E-state index contributed by atoms with van der Waals surface area (Å²) in [6.45, 7) is 3.48. The zero-order valence-corrected chi connectivity index (χ0v) is 10.6. The van der Waals surface area contributed by atoms with Crippen molar-refractivity contribution in [2.75, 3.05) is 5.75 Å². The van der Waals surface area contributed by atoms with Crippen molar-refractivity contribution < 1.29 is 17.5 Å². The second-order valence-corrected chi connectivity index (χ2v) is 5.00. The van der Waals surface area contributed by atoms with Gasteiger partial charge in [-0.15, -0.1) is 0 Å². The molecule has 0 fully saturated rings. The Bertz CT molecular complexity index is 420. The van der Waals surface area contributed by atoms with Gasteiger partial charge < -0.3 is 4.55 Å². The highest BCUT2D eigenvalue weighted by Gasteiger charge is 1.87. The predicted molar refractivity (Wildman–Crippen MR) is 61.6 cm³/mol. The van der Waals surface area contributed by atoms with E-state index < -0.39 is 15.9 Å². The Labute approximate surface area is 97.0 Å². The lowest BCUT2D eigenvalue weighted by Crippen LogP contribution is -2.25. The summed E-state index contributed by atoms with van der Waals surface area (Å²) < 4.78 is 31.8. The van der Waals surface area contributed by atoms with Crippen LogP contribution < -0.4 is 4.57 Å². The van der Waals surface area contributed by atoms with Crippen molar-refractivity contribution in [2.24, 2.45) is 7.05 Å². The second-order valence-electron chi connectivity index (χ2n) is 3.55. The zero-order chi connectivity index (χ0) is 12.6. The molecule has 5 heteroatoms. The van der Waals surface area contributed by atoms with E-state index in [4.69, 9.17) is 0 Å². The lowest BCUT2D eigenvalue weighted by Gasteiger charge is -2.01. The molecule has 0 aliphatic rings. The number of rotatable bonds is 2. The minimum absolute atomic E-state index is 0.394. The number of pyridine rings is 1. The number of hydrogen-bond acceptors (Lipinski definition) is 3. The van der Waals surface area contributed by atoms with Gasteiger partial charge in [0.05, 0.1) is 15.9 Å². The van der Waals surface area contributed by atoms with E-state index in [-0.39, 0.29) is 0 Å². The lowest BCUT2D eigenvalue weighted by atomic mass is 10.3. The van der Waals surface area contributed by atoms with E-state index >= 15 is 0 Å². The van der Waals surface area contributed by atoms with Gasteiger partial charge in [-0.25, -0.2) is 13.0 Å². The molecule has 0 spiro atoms. The van der Waals surface area contributed by atoms with E-state index in [0.29, 0.717) is 0 Å². The molecule has 1 aromatic rings. The molecule has 0 N–H and O–H groups in total. The molecule has 0 unspecified atom stereocenters. The summed E-state index contributed by atoms with van der Waals surface area (Å²) in [5.41, 5.74) is 0.842. The number of nitrogens with zero attached hydrogens (tertiary/aromatic N) is 1. The minimum Gasteiger partial charge on any atom is -0.748 e. The van der Waals surface area contributed by atoms with Crippen molar-refractivity contribution in [2.45, 2.75) is 13.8 Å². The van der Waals surface area contributed by atoms with Crippen LogP contribution >= 0.6 is 0 Å². The standard InChI is InChI=1S/C6H8N.C5H10O3S/c1-7-5-3-2-4-6-7;1-5(2)3-4-9(6,7)8/h2-6H,1H3;3H,4H2,1-2H3,(H,6,7,8)/q+1;/p-1. The van der Waals surface area contributed by atoms with Crippen LogP contribution in [0.1, 0.15) is 13.8 Å². The first-order valence-electron chi connectivity index (χ1n) is 4.78. The van der Waals surface area contributed by atoms with Crippen LogP contribution in [0.4, 0.5) is 0 Å². The van der Waals surface area contributed by atoms with Gasteiger partial charge in [-0.2, -0.15) is 0 Å². The molecule has 0 saturated heterocycles. The molecule has 0 radical (unpaired) electrons. The van der Waals surface area contributed by atoms with Crippen molar-refractivity contribution in [3.05, 3.63) is 42.2 Å².